The number of carbonyl (C=O) groups excluding carboxylic acids is 2. The van der Waals surface area contributed by atoms with Gasteiger partial charge in [-0.1, -0.05) is 55.8 Å². The van der Waals surface area contributed by atoms with Crippen LogP contribution in [0.15, 0.2) is 54.9 Å². The molecule has 0 fully saturated rings. The first-order valence-electron chi connectivity index (χ1n) is 9.16. The van der Waals surface area contributed by atoms with Gasteiger partial charge in [-0.25, -0.2) is 4.98 Å². The molecule has 146 valence electrons. The lowest BCUT2D eigenvalue weighted by Gasteiger charge is -2.21. The van der Waals surface area contributed by atoms with Crippen LogP contribution in [0, 0.1) is 5.92 Å². The fraction of sp³-hybridized carbons (Fsp3) is 0.286. The highest BCUT2D eigenvalue weighted by Crippen LogP contribution is 2.12. The number of nitrogens with zero attached hydrogens (tertiary/aromatic N) is 2. The molecule has 2 amide bonds. The van der Waals surface area contributed by atoms with Crippen molar-refractivity contribution in [3.8, 4) is 0 Å². The first-order chi connectivity index (χ1) is 13.4. The van der Waals surface area contributed by atoms with Gasteiger partial charge in [0.2, 0.25) is 11.8 Å². The average Bonchev–Trinajstić information content (AvgIpc) is 3.06. The van der Waals surface area contributed by atoms with Crippen LogP contribution in [-0.2, 0) is 22.6 Å². The van der Waals surface area contributed by atoms with Gasteiger partial charge in [0.25, 0.3) is 0 Å². The smallest absolute Gasteiger partial charge is 0.243 e. The predicted molar refractivity (Wildman–Crippen MR) is 109 cm³/mol. The Balaban J connectivity index is 1.59. The molecule has 0 bridgehead atoms. The minimum atomic E-state index is -0.609. The summed E-state index contributed by atoms with van der Waals surface area (Å²) < 4.78 is 1.81. The number of carbonyl (C=O) groups is 2. The monoisotopic (exact) mass is 398 g/mol. The van der Waals surface area contributed by atoms with E-state index in [1.54, 1.807) is 12.3 Å². The number of halogens is 1. The summed E-state index contributed by atoms with van der Waals surface area (Å²) in [5, 5.41) is 6.32. The Morgan fingerprint density at radius 1 is 1.11 bits per heavy atom. The average molecular weight is 399 g/mol. The quantitative estimate of drug-likeness (QED) is 0.642. The molecule has 6 nitrogen and oxygen atoms in total. The maximum absolute atomic E-state index is 12.6. The van der Waals surface area contributed by atoms with Crippen molar-refractivity contribution in [1.29, 1.82) is 0 Å². The number of pyridine rings is 1. The van der Waals surface area contributed by atoms with Crippen molar-refractivity contribution >= 4 is 29.1 Å². The Hall–Kier alpha value is -2.86. The van der Waals surface area contributed by atoms with Crippen molar-refractivity contribution in [1.82, 2.24) is 20.0 Å². The van der Waals surface area contributed by atoms with E-state index in [1.807, 2.05) is 60.8 Å². The Kier molecular flexibility index (Phi) is 6.31. The van der Waals surface area contributed by atoms with Crippen molar-refractivity contribution in [2.24, 2.45) is 5.92 Å². The first kappa shape index (κ1) is 19.9. The number of hydrogen-bond acceptors (Lipinski definition) is 3. The number of hydrogen-bond donors (Lipinski definition) is 2. The van der Waals surface area contributed by atoms with Gasteiger partial charge in [0.05, 0.1) is 23.7 Å². The minimum Gasteiger partial charge on any atom is -0.349 e. The molecule has 2 aromatic heterocycles. The second kappa shape index (κ2) is 8.89. The van der Waals surface area contributed by atoms with Crippen LogP contribution in [0.4, 0.5) is 0 Å². The molecule has 0 spiro atoms. The largest absolute Gasteiger partial charge is 0.349 e. The molecular formula is C21H23ClN4O2. The van der Waals surface area contributed by atoms with Crippen LogP contribution in [-0.4, -0.2) is 27.2 Å². The van der Waals surface area contributed by atoms with Gasteiger partial charge in [-0.15, -0.1) is 0 Å². The second-order valence-electron chi connectivity index (χ2n) is 7.01. The fourth-order valence-corrected chi connectivity index (χ4v) is 3.10. The maximum atomic E-state index is 12.6. The van der Waals surface area contributed by atoms with Crippen LogP contribution in [0.25, 0.3) is 5.65 Å². The number of rotatable bonds is 7. The summed E-state index contributed by atoms with van der Waals surface area (Å²) in [6.45, 7) is 4.08. The second-order valence-corrected chi connectivity index (χ2v) is 7.45. The van der Waals surface area contributed by atoms with Gasteiger partial charge < -0.3 is 15.0 Å². The zero-order valence-electron chi connectivity index (χ0n) is 15.9. The Labute approximate surface area is 168 Å². The highest BCUT2D eigenvalue weighted by molar-refractivity contribution is 6.30. The van der Waals surface area contributed by atoms with Gasteiger partial charge in [0.1, 0.15) is 11.7 Å². The minimum absolute atomic E-state index is 0.0420. The molecule has 0 saturated carbocycles. The summed E-state index contributed by atoms with van der Waals surface area (Å²) in [7, 11) is 0. The summed E-state index contributed by atoms with van der Waals surface area (Å²) in [5.41, 5.74) is 2.38. The van der Waals surface area contributed by atoms with E-state index < -0.39 is 6.04 Å². The van der Waals surface area contributed by atoms with Crippen LogP contribution in [0.2, 0.25) is 5.02 Å². The SMILES string of the molecule is CC(C)C(NC(=O)Cc1ccccc1)C(=O)NCc1cn2cc(Cl)ccc2n1. The number of amides is 2. The topological polar surface area (TPSA) is 75.5 Å². The highest BCUT2D eigenvalue weighted by Gasteiger charge is 2.24. The normalized spacial score (nSPS) is 12.1. The molecule has 1 unspecified atom stereocenters. The molecule has 3 rings (SSSR count). The molecule has 7 heteroatoms. The molecule has 0 saturated heterocycles. The van der Waals surface area contributed by atoms with E-state index in [-0.39, 0.29) is 30.7 Å². The zero-order valence-corrected chi connectivity index (χ0v) is 16.6. The summed E-state index contributed by atoms with van der Waals surface area (Å²) in [4.78, 5) is 29.4. The van der Waals surface area contributed by atoms with Gasteiger partial charge in [-0.2, -0.15) is 0 Å². The summed E-state index contributed by atoms with van der Waals surface area (Å²) >= 11 is 5.98. The molecule has 3 aromatic rings. The number of fused-ring (bicyclic) bond motifs is 1. The lowest BCUT2D eigenvalue weighted by atomic mass is 10.0. The third-order valence-electron chi connectivity index (χ3n) is 4.38. The zero-order chi connectivity index (χ0) is 20.1. The lowest BCUT2D eigenvalue weighted by molar-refractivity contribution is -0.129. The van der Waals surface area contributed by atoms with E-state index in [1.165, 1.54) is 0 Å². The third-order valence-corrected chi connectivity index (χ3v) is 4.61. The molecule has 0 aliphatic carbocycles. The standard InChI is InChI=1S/C21H23ClN4O2/c1-14(2)20(25-19(27)10-15-6-4-3-5-7-15)21(28)23-11-17-13-26-12-16(22)8-9-18(26)24-17/h3-9,12-14,20H,10-11H2,1-2H3,(H,23,28)(H,25,27). The summed E-state index contributed by atoms with van der Waals surface area (Å²) in [5.74, 6) is -0.450. The van der Waals surface area contributed by atoms with E-state index >= 15 is 0 Å². The van der Waals surface area contributed by atoms with E-state index in [9.17, 15) is 9.59 Å². The lowest BCUT2D eigenvalue weighted by Crippen LogP contribution is -2.49. The Bertz CT molecular complexity index is 969. The van der Waals surface area contributed by atoms with Crippen LogP contribution in [0.5, 0.6) is 0 Å². The highest BCUT2D eigenvalue weighted by atomic mass is 35.5. The first-order valence-corrected chi connectivity index (χ1v) is 9.54. The number of benzene rings is 1. The van der Waals surface area contributed by atoms with Gasteiger partial charge in [0.15, 0.2) is 0 Å². The van der Waals surface area contributed by atoms with Crippen LogP contribution >= 0.6 is 11.6 Å². The van der Waals surface area contributed by atoms with Crippen molar-refractivity contribution in [3.05, 3.63) is 71.1 Å². The molecule has 0 aliphatic rings. The van der Waals surface area contributed by atoms with E-state index in [0.717, 1.165) is 11.2 Å². The van der Waals surface area contributed by atoms with Crippen molar-refractivity contribution in [2.45, 2.75) is 32.9 Å². The van der Waals surface area contributed by atoms with E-state index in [0.29, 0.717) is 10.7 Å². The van der Waals surface area contributed by atoms with Gasteiger partial charge in [-0.3, -0.25) is 9.59 Å². The third kappa shape index (κ3) is 5.10. The molecule has 1 atom stereocenters. The number of nitrogens with one attached hydrogen (secondary N) is 2. The fourth-order valence-electron chi connectivity index (χ4n) is 2.93. The van der Waals surface area contributed by atoms with Crippen molar-refractivity contribution in [3.63, 3.8) is 0 Å². The summed E-state index contributed by atoms with van der Waals surface area (Å²) in [6.07, 6.45) is 3.82. The van der Waals surface area contributed by atoms with E-state index in [2.05, 4.69) is 15.6 Å². The molecule has 1 aromatic carbocycles. The molecule has 2 heterocycles. The predicted octanol–water partition coefficient (Wildman–Crippen LogP) is 2.99. The van der Waals surface area contributed by atoms with Crippen LogP contribution < -0.4 is 10.6 Å². The van der Waals surface area contributed by atoms with Gasteiger partial charge in [0, 0.05) is 12.4 Å². The number of imidazole rings is 1. The molecule has 0 radical (unpaired) electrons. The van der Waals surface area contributed by atoms with Crippen LogP contribution in [0.1, 0.15) is 25.1 Å². The van der Waals surface area contributed by atoms with Crippen LogP contribution in [0.3, 0.4) is 0 Å². The summed E-state index contributed by atoms with van der Waals surface area (Å²) in [6, 6.07) is 12.4. The molecule has 0 aliphatic heterocycles. The molecular weight excluding hydrogens is 376 g/mol. The molecule has 2 N–H and O–H groups in total. The number of aromatic nitrogens is 2. The van der Waals surface area contributed by atoms with Gasteiger partial charge >= 0.3 is 0 Å². The maximum Gasteiger partial charge on any atom is 0.243 e. The van der Waals surface area contributed by atoms with Crippen molar-refractivity contribution < 1.29 is 9.59 Å². The Morgan fingerprint density at radius 3 is 2.57 bits per heavy atom. The van der Waals surface area contributed by atoms with Crippen molar-refractivity contribution in [2.75, 3.05) is 0 Å². The van der Waals surface area contributed by atoms with Gasteiger partial charge in [-0.05, 0) is 23.6 Å². The van der Waals surface area contributed by atoms with E-state index in [4.69, 9.17) is 11.6 Å². The Morgan fingerprint density at radius 2 is 1.86 bits per heavy atom. The molecule has 28 heavy (non-hydrogen) atoms.